The van der Waals surface area contributed by atoms with Gasteiger partial charge in [0.05, 0.1) is 6.61 Å². The molecule has 0 radical (unpaired) electrons. The Morgan fingerprint density at radius 2 is 1.96 bits per heavy atom. The van der Waals surface area contributed by atoms with E-state index in [-0.39, 0.29) is 6.79 Å². The van der Waals surface area contributed by atoms with E-state index in [1.54, 1.807) is 12.1 Å². The molecule has 1 unspecified atom stereocenters. The van der Waals surface area contributed by atoms with Gasteiger partial charge >= 0.3 is 0 Å². The summed E-state index contributed by atoms with van der Waals surface area (Å²) in [6.45, 7) is -0.401. The second-order valence-corrected chi connectivity index (χ2v) is 5.64. The van der Waals surface area contributed by atoms with Crippen LogP contribution in [0.25, 0.3) is 0 Å². The van der Waals surface area contributed by atoms with Crippen molar-refractivity contribution in [2.24, 2.45) is 0 Å². The SMILES string of the molecule is O=C(c1ccc(Cl)c(Cc2ccc3c(c2)OCO3)c1)C(O)CO. The van der Waals surface area contributed by atoms with Gasteiger partial charge in [-0.15, -0.1) is 0 Å². The fourth-order valence-electron chi connectivity index (χ4n) is 2.41. The van der Waals surface area contributed by atoms with Crippen LogP contribution in [0.1, 0.15) is 21.5 Å². The average molecular weight is 335 g/mol. The number of aliphatic hydroxyl groups excluding tert-OH is 2. The van der Waals surface area contributed by atoms with Crippen LogP contribution >= 0.6 is 11.6 Å². The lowest BCUT2D eigenvalue weighted by atomic mass is 9.99. The summed E-state index contributed by atoms with van der Waals surface area (Å²) < 4.78 is 10.6. The highest BCUT2D eigenvalue weighted by Gasteiger charge is 2.18. The monoisotopic (exact) mass is 334 g/mol. The van der Waals surface area contributed by atoms with E-state index in [2.05, 4.69) is 0 Å². The summed E-state index contributed by atoms with van der Waals surface area (Å²) in [5, 5.41) is 18.9. The molecule has 6 heteroatoms. The Kier molecular flexibility index (Phi) is 4.52. The average Bonchev–Trinajstić information content (AvgIpc) is 3.03. The molecule has 120 valence electrons. The van der Waals surface area contributed by atoms with Gasteiger partial charge < -0.3 is 19.7 Å². The highest BCUT2D eigenvalue weighted by Crippen LogP contribution is 2.33. The van der Waals surface area contributed by atoms with Crippen LogP contribution in [0.15, 0.2) is 36.4 Å². The van der Waals surface area contributed by atoms with E-state index in [4.69, 9.17) is 26.2 Å². The van der Waals surface area contributed by atoms with Gasteiger partial charge in [0.1, 0.15) is 6.10 Å². The highest BCUT2D eigenvalue weighted by molar-refractivity contribution is 6.31. The van der Waals surface area contributed by atoms with E-state index in [9.17, 15) is 9.90 Å². The number of halogens is 1. The van der Waals surface area contributed by atoms with E-state index < -0.39 is 18.5 Å². The second-order valence-electron chi connectivity index (χ2n) is 5.23. The normalized spacial score (nSPS) is 13.9. The van der Waals surface area contributed by atoms with Gasteiger partial charge in [-0.05, 0) is 47.9 Å². The minimum Gasteiger partial charge on any atom is -0.454 e. The van der Waals surface area contributed by atoms with Gasteiger partial charge in [0, 0.05) is 10.6 Å². The molecular weight excluding hydrogens is 320 g/mol. The molecule has 2 aromatic carbocycles. The number of aliphatic hydroxyl groups is 2. The summed E-state index contributed by atoms with van der Waals surface area (Å²) in [6, 6.07) is 10.4. The molecule has 0 aliphatic carbocycles. The van der Waals surface area contributed by atoms with Crippen molar-refractivity contribution in [3.05, 3.63) is 58.1 Å². The molecule has 1 heterocycles. The van der Waals surface area contributed by atoms with Crippen molar-refractivity contribution in [2.75, 3.05) is 13.4 Å². The summed E-state index contributed by atoms with van der Waals surface area (Å²) in [4.78, 5) is 12.0. The Labute approximate surface area is 138 Å². The first kappa shape index (κ1) is 15.8. The van der Waals surface area contributed by atoms with E-state index in [0.29, 0.717) is 28.5 Å². The van der Waals surface area contributed by atoms with E-state index >= 15 is 0 Å². The van der Waals surface area contributed by atoms with Crippen LogP contribution < -0.4 is 9.47 Å². The number of rotatable bonds is 5. The lowest BCUT2D eigenvalue weighted by Crippen LogP contribution is -2.24. The lowest BCUT2D eigenvalue weighted by molar-refractivity contribution is 0.0587. The third-order valence-corrected chi connectivity index (χ3v) is 4.01. The molecule has 0 amide bonds. The van der Waals surface area contributed by atoms with E-state index in [1.165, 1.54) is 6.07 Å². The Balaban J connectivity index is 1.86. The van der Waals surface area contributed by atoms with Crippen LogP contribution in [0.4, 0.5) is 0 Å². The first-order chi connectivity index (χ1) is 11.1. The zero-order valence-electron chi connectivity index (χ0n) is 12.2. The molecule has 0 bridgehead atoms. The Hall–Kier alpha value is -2.08. The number of hydrogen-bond acceptors (Lipinski definition) is 5. The molecule has 1 atom stereocenters. The number of fused-ring (bicyclic) bond motifs is 1. The maximum atomic E-state index is 12.0. The fourth-order valence-corrected chi connectivity index (χ4v) is 2.59. The summed E-state index contributed by atoms with van der Waals surface area (Å²) >= 11 is 6.20. The topological polar surface area (TPSA) is 76.0 Å². The van der Waals surface area contributed by atoms with E-state index in [1.807, 2.05) is 18.2 Å². The number of Topliss-reactive ketones (excluding diaryl/α,β-unsaturated/α-hetero) is 1. The molecule has 3 rings (SSSR count). The standard InChI is InChI=1S/C17H15ClO5/c18-13-3-2-11(17(21)14(20)8-19)7-12(13)5-10-1-4-15-16(6-10)23-9-22-15/h1-4,6-7,14,19-20H,5,8-9H2. The van der Waals surface area contributed by atoms with E-state index in [0.717, 1.165) is 11.1 Å². The van der Waals surface area contributed by atoms with Gasteiger partial charge in [-0.25, -0.2) is 0 Å². The summed E-state index contributed by atoms with van der Waals surface area (Å²) in [5.74, 6) is 0.854. The smallest absolute Gasteiger partial charge is 0.231 e. The molecule has 1 aliphatic rings. The van der Waals surface area contributed by atoms with Crippen molar-refractivity contribution in [3.8, 4) is 11.5 Å². The van der Waals surface area contributed by atoms with Gasteiger partial charge in [-0.1, -0.05) is 17.7 Å². The van der Waals surface area contributed by atoms with Crippen LogP contribution in [-0.2, 0) is 6.42 Å². The molecule has 2 aromatic rings. The predicted molar refractivity (Wildman–Crippen MR) is 84.2 cm³/mol. The molecular formula is C17H15ClO5. The van der Waals surface area contributed by atoms with Crippen LogP contribution in [0.2, 0.25) is 5.02 Å². The molecule has 23 heavy (non-hydrogen) atoms. The first-order valence-electron chi connectivity index (χ1n) is 7.08. The minimum atomic E-state index is -1.42. The zero-order chi connectivity index (χ0) is 16.4. The zero-order valence-corrected chi connectivity index (χ0v) is 12.9. The Bertz CT molecular complexity index is 744. The molecule has 5 nitrogen and oxygen atoms in total. The van der Waals surface area contributed by atoms with Crippen LogP contribution in [-0.4, -0.2) is 35.5 Å². The first-order valence-corrected chi connectivity index (χ1v) is 7.46. The maximum Gasteiger partial charge on any atom is 0.231 e. The van der Waals surface area contributed by atoms with Gasteiger partial charge in [-0.3, -0.25) is 4.79 Å². The number of hydrogen-bond donors (Lipinski definition) is 2. The third kappa shape index (κ3) is 3.32. The summed E-state index contributed by atoms with van der Waals surface area (Å²) in [5.41, 5.74) is 2.02. The second kappa shape index (κ2) is 6.58. The van der Waals surface area contributed by atoms with Gasteiger partial charge in [-0.2, -0.15) is 0 Å². The van der Waals surface area contributed by atoms with Crippen LogP contribution in [0.5, 0.6) is 11.5 Å². The van der Waals surface area contributed by atoms with Crippen molar-refractivity contribution in [1.29, 1.82) is 0 Å². The summed E-state index contributed by atoms with van der Waals surface area (Å²) in [6.07, 6.45) is -0.916. The minimum absolute atomic E-state index is 0.211. The lowest BCUT2D eigenvalue weighted by Gasteiger charge is -2.10. The maximum absolute atomic E-state index is 12.0. The Morgan fingerprint density at radius 1 is 1.17 bits per heavy atom. The third-order valence-electron chi connectivity index (χ3n) is 3.64. The van der Waals surface area contributed by atoms with Crippen molar-refractivity contribution in [3.63, 3.8) is 0 Å². The molecule has 2 N–H and O–H groups in total. The van der Waals surface area contributed by atoms with Gasteiger partial charge in [0.25, 0.3) is 0 Å². The summed E-state index contributed by atoms with van der Waals surface area (Å²) in [7, 11) is 0. The van der Waals surface area contributed by atoms with Crippen molar-refractivity contribution in [1.82, 2.24) is 0 Å². The van der Waals surface area contributed by atoms with Crippen molar-refractivity contribution >= 4 is 17.4 Å². The molecule has 1 aliphatic heterocycles. The number of carbonyl (C=O) groups is 1. The van der Waals surface area contributed by atoms with Crippen molar-refractivity contribution < 1.29 is 24.5 Å². The van der Waals surface area contributed by atoms with Crippen LogP contribution in [0, 0.1) is 0 Å². The van der Waals surface area contributed by atoms with Crippen molar-refractivity contribution in [2.45, 2.75) is 12.5 Å². The number of ketones is 1. The molecule has 0 saturated heterocycles. The fraction of sp³-hybridized carbons (Fsp3) is 0.235. The Morgan fingerprint density at radius 3 is 2.74 bits per heavy atom. The molecule has 0 fully saturated rings. The number of benzene rings is 2. The highest BCUT2D eigenvalue weighted by atomic mass is 35.5. The number of carbonyl (C=O) groups excluding carboxylic acids is 1. The predicted octanol–water partition coefficient (Wildman–Crippen LogP) is 2.20. The van der Waals surface area contributed by atoms with Gasteiger partial charge in [0.2, 0.25) is 6.79 Å². The number of ether oxygens (including phenoxy) is 2. The van der Waals surface area contributed by atoms with Gasteiger partial charge in [0.15, 0.2) is 17.3 Å². The van der Waals surface area contributed by atoms with Crippen LogP contribution in [0.3, 0.4) is 0 Å². The molecule has 0 spiro atoms. The molecule has 0 saturated carbocycles. The largest absolute Gasteiger partial charge is 0.454 e. The quantitative estimate of drug-likeness (QED) is 0.820. The molecule has 0 aromatic heterocycles.